The standard InChI is InChI=1S/C29H27Cl2N3O4/c1-3-15-34-26(18-9-6-5-7-10-18)24(28(36)38-4-2)25(33-29(34)37)19-11-8-12-21(16-19)32-27(35)20-13-14-22(30)23(31)17-20/h5-14,16-17,25H,3-4,15H2,1-2H3,(H,32,35)(H,33,37). The van der Waals surface area contributed by atoms with E-state index < -0.39 is 12.0 Å². The summed E-state index contributed by atoms with van der Waals surface area (Å²) < 4.78 is 5.45. The Morgan fingerprint density at radius 3 is 2.42 bits per heavy atom. The molecule has 0 fully saturated rings. The van der Waals surface area contributed by atoms with Crippen LogP contribution in [0.25, 0.3) is 5.70 Å². The normalized spacial score (nSPS) is 15.2. The number of halogens is 2. The number of nitrogens with zero attached hydrogens (tertiary/aromatic N) is 1. The Morgan fingerprint density at radius 1 is 0.974 bits per heavy atom. The zero-order chi connectivity index (χ0) is 27.2. The molecule has 0 radical (unpaired) electrons. The maximum atomic E-state index is 13.4. The van der Waals surface area contributed by atoms with Crippen molar-refractivity contribution in [3.05, 3.63) is 105 Å². The Kier molecular flexibility index (Phi) is 8.71. The molecule has 2 N–H and O–H groups in total. The first kappa shape index (κ1) is 27.2. The molecule has 3 amide bonds. The van der Waals surface area contributed by atoms with E-state index in [1.807, 2.05) is 37.3 Å². The topological polar surface area (TPSA) is 87.7 Å². The van der Waals surface area contributed by atoms with Gasteiger partial charge in [0.25, 0.3) is 5.91 Å². The summed E-state index contributed by atoms with van der Waals surface area (Å²) in [5.74, 6) is -0.906. The molecule has 0 saturated carbocycles. The summed E-state index contributed by atoms with van der Waals surface area (Å²) >= 11 is 12.0. The van der Waals surface area contributed by atoms with Crippen molar-refractivity contribution in [1.82, 2.24) is 10.2 Å². The highest BCUT2D eigenvalue weighted by atomic mass is 35.5. The quantitative estimate of drug-likeness (QED) is 0.305. The summed E-state index contributed by atoms with van der Waals surface area (Å²) in [4.78, 5) is 41.1. The van der Waals surface area contributed by atoms with Gasteiger partial charge in [-0.1, -0.05) is 72.6 Å². The molecule has 7 nitrogen and oxygen atoms in total. The van der Waals surface area contributed by atoms with E-state index >= 15 is 0 Å². The summed E-state index contributed by atoms with van der Waals surface area (Å²) in [6.45, 7) is 4.30. The average molecular weight is 552 g/mol. The molecule has 0 aliphatic carbocycles. The van der Waals surface area contributed by atoms with Crippen LogP contribution in [0, 0.1) is 0 Å². The second kappa shape index (κ2) is 12.2. The van der Waals surface area contributed by atoms with Gasteiger partial charge in [0, 0.05) is 17.8 Å². The van der Waals surface area contributed by atoms with E-state index in [2.05, 4.69) is 10.6 Å². The molecule has 0 aromatic heterocycles. The number of carbonyl (C=O) groups excluding carboxylic acids is 3. The minimum Gasteiger partial charge on any atom is -0.463 e. The lowest BCUT2D eigenvalue weighted by Crippen LogP contribution is -2.48. The van der Waals surface area contributed by atoms with Gasteiger partial charge >= 0.3 is 12.0 Å². The molecule has 4 rings (SSSR count). The molecule has 1 aliphatic heterocycles. The summed E-state index contributed by atoms with van der Waals surface area (Å²) in [5.41, 5.74) is 2.98. The lowest BCUT2D eigenvalue weighted by Gasteiger charge is -2.37. The first-order valence-electron chi connectivity index (χ1n) is 12.2. The Hall–Kier alpha value is -3.81. The molecule has 0 spiro atoms. The number of carbonyl (C=O) groups is 3. The smallest absolute Gasteiger partial charge is 0.338 e. The van der Waals surface area contributed by atoms with Gasteiger partial charge in [0.15, 0.2) is 0 Å². The largest absolute Gasteiger partial charge is 0.463 e. The van der Waals surface area contributed by atoms with E-state index in [9.17, 15) is 14.4 Å². The van der Waals surface area contributed by atoms with Crippen molar-refractivity contribution in [3.8, 4) is 0 Å². The molecule has 9 heteroatoms. The van der Waals surface area contributed by atoms with Crippen molar-refractivity contribution < 1.29 is 19.1 Å². The molecule has 196 valence electrons. The van der Waals surface area contributed by atoms with Gasteiger partial charge in [-0.05, 0) is 54.8 Å². The van der Waals surface area contributed by atoms with Crippen molar-refractivity contribution in [3.63, 3.8) is 0 Å². The first-order chi connectivity index (χ1) is 18.3. The van der Waals surface area contributed by atoms with Crippen molar-refractivity contribution >= 4 is 52.5 Å². The van der Waals surface area contributed by atoms with Crippen LogP contribution in [0.3, 0.4) is 0 Å². The van der Waals surface area contributed by atoms with Gasteiger partial charge in [-0.15, -0.1) is 0 Å². The number of amides is 3. The zero-order valence-corrected chi connectivity index (χ0v) is 22.5. The summed E-state index contributed by atoms with van der Waals surface area (Å²) in [6, 6.07) is 19.8. The molecule has 3 aromatic rings. The van der Waals surface area contributed by atoms with Gasteiger partial charge in [0.05, 0.1) is 34.0 Å². The fraction of sp³-hybridized carbons (Fsp3) is 0.207. The number of nitrogens with one attached hydrogen (secondary N) is 2. The van der Waals surface area contributed by atoms with Crippen molar-refractivity contribution in [2.24, 2.45) is 0 Å². The highest BCUT2D eigenvalue weighted by Crippen LogP contribution is 2.37. The number of urea groups is 1. The van der Waals surface area contributed by atoms with Crippen LogP contribution in [-0.4, -0.2) is 36.0 Å². The second-order valence-electron chi connectivity index (χ2n) is 8.59. The van der Waals surface area contributed by atoms with Gasteiger partial charge < -0.3 is 15.4 Å². The number of anilines is 1. The van der Waals surface area contributed by atoms with Crippen LogP contribution in [0.5, 0.6) is 0 Å². The summed E-state index contributed by atoms with van der Waals surface area (Å²) in [6.07, 6.45) is 0.695. The number of ether oxygens (including phenoxy) is 1. The van der Waals surface area contributed by atoms with Crippen LogP contribution in [0.4, 0.5) is 10.5 Å². The molecular formula is C29H27Cl2N3O4. The molecule has 1 heterocycles. The SMILES string of the molecule is CCCN1C(=O)NC(c2cccc(NC(=O)c3ccc(Cl)c(Cl)c3)c2)C(C(=O)OCC)=C1c1ccccc1. The predicted octanol–water partition coefficient (Wildman–Crippen LogP) is 6.70. The van der Waals surface area contributed by atoms with Crippen molar-refractivity contribution in [2.75, 3.05) is 18.5 Å². The van der Waals surface area contributed by atoms with Crippen LogP contribution in [0.2, 0.25) is 10.0 Å². The Bertz CT molecular complexity index is 1390. The highest BCUT2D eigenvalue weighted by Gasteiger charge is 2.38. The summed E-state index contributed by atoms with van der Waals surface area (Å²) in [5, 5.41) is 6.43. The first-order valence-corrected chi connectivity index (χ1v) is 13.0. The molecule has 1 unspecified atom stereocenters. The minimum absolute atomic E-state index is 0.179. The van der Waals surface area contributed by atoms with E-state index in [1.54, 1.807) is 48.2 Å². The Morgan fingerprint density at radius 2 is 1.74 bits per heavy atom. The van der Waals surface area contributed by atoms with E-state index in [4.69, 9.17) is 27.9 Å². The fourth-order valence-electron chi connectivity index (χ4n) is 4.31. The highest BCUT2D eigenvalue weighted by molar-refractivity contribution is 6.42. The van der Waals surface area contributed by atoms with E-state index in [0.717, 1.165) is 5.56 Å². The van der Waals surface area contributed by atoms with Crippen LogP contribution in [-0.2, 0) is 9.53 Å². The zero-order valence-electron chi connectivity index (χ0n) is 21.0. The molecule has 1 atom stereocenters. The van der Waals surface area contributed by atoms with Crippen molar-refractivity contribution in [1.29, 1.82) is 0 Å². The monoisotopic (exact) mass is 551 g/mol. The maximum absolute atomic E-state index is 13.4. The lowest BCUT2D eigenvalue weighted by molar-refractivity contribution is -0.138. The van der Waals surface area contributed by atoms with Gasteiger partial charge in [0.2, 0.25) is 0 Å². The molecular weight excluding hydrogens is 525 g/mol. The Balaban J connectivity index is 1.78. The second-order valence-corrected chi connectivity index (χ2v) is 9.41. The predicted molar refractivity (Wildman–Crippen MR) is 149 cm³/mol. The fourth-order valence-corrected chi connectivity index (χ4v) is 4.61. The molecule has 1 aliphatic rings. The van der Waals surface area contributed by atoms with Gasteiger partial charge in [-0.2, -0.15) is 0 Å². The number of hydrogen-bond acceptors (Lipinski definition) is 4. The number of benzene rings is 3. The third-order valence-electron chi connectivity index (χ3n) is 5.98. The van der Waals surface area contributed by atoms with Crippen LogP contribution in [0.15, 0.2) is 78.4 Å². The van der Waals surface area contributed by atoms with Crippen LogP contribution < -0.4 is 10.6 Å². The van der Waals surface area contributed by atoms with E-state index in [0.29, 0.717) is 46.1 Å². The van der Waals surface area contributed by atoms with Crippen molar-refractivity contribution in [2.45, 2.75) is 26.3 Å². The number of hydrogen-bond donors (Lipinski definition) is 2. The number of esters is 1. The molecule has 0 saturated heterocycles. The van der Waals surface area contributed by atoms with E-state index in [1.165, 1.54) is 6.07 Å². The van der Waals surface area contributed by atoms with Crippen LogP contribution >= 0.6 is 23.2 Å². The van der Waals surface area contributed by atoms with Gasteiger partial charge in [-0.3, -0.25) is 9.69 Å². The average Bonchev–Trinajstić information content (AvgIpc) is 2.91. The minimum atomic E-state index is -0.799. The van der Waals surface area contributed by atoms with Gasteiger partial charge in [0.1, 0.15) is 0 Å². The maximum Gasteiger partial charge on any atom is 0.338 e. The van der Waals surface area contributed by atoms with E-state index in [-0.39, 0.29) is 23.6 Å². The summed E-state index contributed by atoms with van der Waals surface area (Å²) in [7, 11) is 0. The Labute approximate surface area is 231 Å². The molecule has 0 bridgehead atoms. The van der Waals surface area contributed by atoms with Crippen LogP contribution in [0.1, 0.15) is 47.8 Å². The molecule has 3 aromatic carbocycles. The lowest BCUT2D eigenvalue weighted by atomic mass is 9.91. The van der Waals surface area contributed by atoms with Gasteiger partial charge in [-0.25, -0.2) is 9.59 Å². The third kappa shape index (κ3) is 5.85. The number of rotatable bonds is 8. The molecule has 38 heavy (non-hydrogen) atoms. The third-order valence-corrected chi connectivity index (χ3v) is 6.72.